The summed E-state index contributed by atoms with van der Waals surface area (Å²) >= 11 is 12.5. The fraction of sp³-hybridized carbons (Fsp3) is 0.333. The number of nitrogens with one attached hydrogen (secondary N) is 1. The molecule has 0 fully saturated rings. The number of amides is 2. The van der Waals surface area contributed by atoms with Crippen molar-refractivity contribution < 1.29 is 18.0 Å². The second-order valence-corrected chi connectivity index (χ2v) is 12.6. The van der Waals surface area contributed by atoms with Crippen LogP contribution in [0.3, 0.4) is 0 Å². The van der Waals surface area contributed by atoms with Gasteiger partial charge in [0.15, 0.2) is 0 Å². The maximum absolute atomic E-state index is 14.0. The highest BCUT2D eigenvalue weighted by atomic mass is 35.5. The number of sulfonamides is 1. The Hall–Kier alpha value is -3.07. The highest BCUT2D eigenvalue weighted by molar-refractivity contribution is 7.92. The highest BCUT2D eigenvalue weighted by Gasteiger charge is 2.33. The molecule has 2 atom stereocenters. The molecule has 0 aliphatic heterocycles. The van der Waals surface area contributed by atoms with Crippen molar-refractivity contribution in [2.24, 2.45) is 0 Å². The van der Waals surface area contributed by atoms with Gasteiger partial charge in [0.1, 0.15) is 12.6 Å². The van der Waals surface area contributed by atoms with Crippen molar-refractivity contribution in [3.63, 3.8) is 0 Å². The van der Waals surface area contributed by atoms with Crippen molar-refractivity contribution in [1.82, 2.24) is 10.2 Å². The number of halogens is 2. The minimum atomic E-state index is -4.13. The van der Waals surface area contributed by atoms with Crippen LogP contribution >= 0.6 is 23.2 Å². The summed E-state index contributed by atoms with van der Waals surface area (Å²) in [5, 5.41) is 3.68. The summed E-state index contributed by atoms with van der Waals surface area (Å²) in [4.78, 5) is 28.6. The van der Waals surface area contributed by atoms with Crippen LogP contribution in [0.25, 0.3) is 0 Å². The molecule has 214 valence electrons. The molecule has 0 spiro atoms. The first-order valence-corrected chi connectivity index (χ1v) is 15.2. The molecule has 0 aliphatic carbocycles. The first-order valence-electron chi connectivity index (χ1n) is 13.0. The highest BCUT2D eigenvalue weighted by Crippen LogP contribution is 2.28. The molecule has 3 aromatic rings. The van der Waals surface area contributed by atoms with Gasteiger partial charge in [0.25, 0.3) is 10.0 Å². The second kappa shape index (κ2) is 13.5. The van der Waals surface area contributed by atoms with Crippen LogP contribution in [0.15, 0.2) is 71.6 Å². The summed E-state index contributed by atoms with van der Waals surface area (Å²) < 4.78 is 28.9. The van der Waals surface area contributed by atoms with Crippen molar-refractivity contribution in [3.8, 4) is 0 Å². The Kier molecular flexibility index (Phi) is 10.6. The molecule has 3 aromatic carbocycles. The number of carbonyl (C=O) groups excluding carboxylic acids is 2. The average Bonchev–Trinajstić information content (AvgIpc) is 2.90. The molecule has 10 heteroatoms. The van der Waals surface area contributed by atoms with Crippen molar-refractivity contribution in [1.29, 1.82) is 0 Å². The summed E-state index contributed by atoms with van der Waals surface area (Å²) in [6.45, 7) is 8.63. The monoisotopic (exact) mass is 603 g/mol. The molecule has 3 rings (SSSR count). The molecule has 0 unspecified atom stereocenters. The van der Waals surface area contributed by atoms with Crippen LogP contribution < -0.4 is 9.62 Å². The second-order valence-electron chi connectivity index (χ2n) is 9.92. The number of hydrogen-bond acceptors (Lipinski definition) is 4. The van der Waals surface area contributed by atoms with E-state index in [4.69, 9.17) is 23.2 Å². The fourth-order valence-corrected chi connectivity index (χ4v) is 6.11. The third kappa shape index (κ3) is 7.77. The quantitative estimate of drug-likeness (QED) is 0.285. The topological polar surface area (TPSA) is 86.8 Å². The molecular weight excluding hydrogens is 569 g/mol. The van der Waals surface area contributed by atoms with Crippen molar-refractivity contribution >= 4 is 50.7 Å². The third-order valence-electron chi connectivity index (χ3n) is 6.63. The molecular formula is C30H35Cl2N3O4S. The number of carbonyl (C=O) groups is 2. The largest absolute Gasteiger partial charge is 0.352 e. The SMILES string of the molecule is CC[C@@H](C)NC(=O)[C@@H](C)N(Cc1ccc(Cl)cc1Cl)C(=O)CN(c1cc(C)cc(C)c1)S(=O)(=O)c1ccccc1. The fourth-order valence-electron chi connectivity index (χ4n) is 4.22. The van der Waals surface area contributed by atoms with Gasteiger partial charge in [-0.3, -0.25) is 13.9 Å². The molecule has 0 aliphatic rings. The van der Waals surface area contributed by atoms with Crippen molar-refractivity contribution in [2.75, 3.05) is 10.8 Å². The van der Waals surface area contributed by atoms with Crippen LogP contribution in [0.2, 0.25) is 10.0 Å². The summed E-state index contributed by atoms with van der Waals surface area (Å²) in [6.07, 6.45) is 0.714. The van der Waals surface area contributed by atoms with E-state index < -0.39 is 28.5 Å². The van der Waals surface area contributed by atoms with E-state index in [2.05, 4.69) is 5.32 Å². The van der Waals surface area contributed by atoms with Gasteiger partial charge in [-0.2, -0.15) is 0 Å². The summed E-state index contributed by atoms with van der Waals surface area (Å²) in [5.74, 6) is -0.909. The maximum atomic E-state index is 14.0. The van der Waals surface area contributed by atoms with Gasteiger partial charge < -0.3 is 10.2 Å². The first kappa shape index (κ1) is 31.5. The summed E-state index contributed by atoms with van der Waals surface area (Å²) in [6, 6.07) is 17.2. The third-order valence-corrected chi connectivity index (χ3v) is 9.00. The zero-order valence-corrected chi connectivity index (χ0v) is 25.6. The van der Waals surface area contributed by atoms with Gasteiger partial charge in [0.05, 0.1) is 10.6 Å². The van der Waals surface area contributed by atoms with E-state index >= 15 is 0 Å². The molecule has 0 bridgehead atoms. The zero-order valence-electron chi connectivity index (χ0n) is 23.3. The van der Waals surface area contributed by atoms with E-state index in [0.29, 0.717) is 27.7 Å². The summed E-state index contributed by atoms with van der Waals surface area (Å²) in [5.41, 5.74) is 2.63. The molecule has 0 radical (unpaired) electrons. The maximum Gasteiger partial charge on any atom is 0.264 e. The van der Waals surface area contributed by atoms with Gasteiger partial charge in [-0.15, -0.1) is 0 Å². The smallest absolute Gasteiger partial charge is 0.264 e. The Bertz CT molecular complexity index is 1440. The van der Waals surface area contributed by atoms with Crippen LogP contribution in [0.5, 0.6) is 0 Å². The van der Waals surface area contributed by atoms with E-state index in [1.165, 1.54) is 17.0 Å². The van der Waals surface area contributed by atoms with Crippen molar-refractivity contribution in [2.45, 2.75) is 64.6 Å². The van der Waals surface area contributed by atoms with Crippen LogP contribution in [0, 0.1) is 13.8 Å². The Morgan fingerprint density at radius 2 is 1.55 bits per heavy atom. The molecule has 40 heavy (non-hydrogen) atoms. The van der Waals surface area contributed by atoms with E-state index in [1.807, 2.05) is 33.8 Å². The average molecular weight is 605 g/mol. The predicted molar refractivity (Wildman–Crippen MR) is 161 cm³/mol. The molecule has 0 heterocycles. The molecule has 1 N–H and O–H groups in total. The van der Waals surface area contributed by atoms with Gasteiger partial charge in [-0.05, 0) is 87.2 Å². The Labute approximate surface area is 247 Å². The van der Waals surface area contributed by atoms with Crippen LogP contribution in [-0.2, 0) is 26.2 Å². The minimum Gasteiger partial charge on any atom is -0.352 e. The molecule has 0 saturated heterocycles. The van der Waals surface area contributed by atoms with Crippen LogP contribution in [0.4, 0.5) is 5.69 Å². The molecule has 0 saturated carbocycles. The van der Waals surface area contributed by atoms with Gasteiger partial charge in [-0.25, -0.2) is 8.42 Å². The van der Waals surface area contributed by atoms with Gasteiger partial charge in [0.2, 0.25) is 11.8 Å². The lowest BCUT2D eigenvalue weighted by Gasteiger charge is -2.32. The van der Waals surface area contributed by atoms with Gasteiger partial charge in [0, 0.05) is 22.6 Å². The number of hydrogen-bond donors (Lipinski definition) is 1. The molecule has 0 aromatic heterocycles. The van der Waals surface area contributed by atoms with E-state index in [9.17, 15) is 18.0 Å². The van der Waals surface area contributed by atoms with Crippen LogP contribution in [0.1, 0.15) is 43.9 Å². The van der Waals surface area contributed by atoms with Crippen molar-refractivity contribution in [3.05, 3.63) is 93.5 Å². The molecule has 7 nitrogen and oxygen atoms in total. The van der Waals surface area contributed by atoms with Gasteiger partial charge >= 0.3 is 0 Å². The van der Waals surface area contributed by atoms with E-state index in [0.717, 1.165) is 15.4 Å². The number of rotatable bonds is 11. The Morgan fingerprint density at radius 3 is 2.12 bits per heavy atom. The van der Waals surface area contributed by atoms with Crippen LogP contribution in [-0.4, -0.2) is 43.8 Å². The van der Waals surface area contributed by atoms with E-state index in [1.54, 1.807) is 55.5 Å². The Balaban J connectivity index is 2.07. The summed E-state index contributed by atoms with van der Waals surface area (Å²) in [7, 11) is -4.13. The number of anilines is 1. The minimum absolute atomic E-state index is 0.0179. The molecule has 2 amide bonds. The number of aryl methyl sites for hydroxylation is 2. The normalized spacial score (nSPS) is 12.9. The lowest BCUT2D eigenvalue weighted by Crippen LogP contribution is -2.52. The number of benzene rings is 3. The Morgan fingerprint density at radius 1 is 0.925 bits per heavy atom. The lowest BCUT2D eigenvalue weighted by atomic mass is 10.1. The first-order chi connectivity index (χ1) is 18.8. The predicted octanol–water partition coefficient (Wildman–Crippen LogP) is 6.14. The standard InChI is InChI=1S/C30H35Cl2N3O4S/c1-6-22(4)33-30(37)23(5)34(18-24-12-13-25(31)17-28(24)32)29(36)19-35(26-15-20(2)14-21(3)16-26)40(38,39)27-10-8-7-9-11-27/h7-17,22-23H,6,18-19H2,1-5H3,(H,33,37)/t22-,23-/m1/s1. The van der Waals surface area contributed by atoms with E-state index in [-0.39, 0.29) is 23.4 Å². The lowest BCUT2D eigenvalue weighted by molar-refractivity contribution is -0.139. The zero-order chi connectivity index (χ0) is 29.6. The van der Waals surface area contributed by atoms with Gasteiger partial charge in [-0.1, -0.05) is 60.5 Å². The number of nitrogens with zero attached hydrogens (tertiary/aromatic N) is 2.